The third-order valence-electron chi connectivity index (χ3n) is 3.47. The lowest BCUT2D eigenvalue weighted by Crippen LogP contribution is -2.29. The van der Waals surface area contributed by atoms with E-state index in [1.54, 1.807) is 38.4 Å². The van der Waals surface area contributed by atoms with Gasteiger partial charge in [-0.15, -0.1) is 0 Å². The summed E-state index contributed by atoms with van der Waals surface area (Å²) in [6.45, 7) is 0.436. The van der Waals surface area contributed by atoms with Crippen LogP contribution in [0.2, 0.25) is 0 Å². The number of carbonyl (C=O) groups is 2. The van der Waals surface area contributed by atoms with Crippen LogP contribution in [0.1, 0.15) is 23.2 Å². The van der Waals surface area contributed by atoms with E-state index in [1.807, 2.05) is 0 Å². The Morgan fingerprint density at radius 3 is 2.48 bits per heavy atom. The van der Waals surface area contributed by atoms with Gasteiger partial charge in [0.05, 0.1) is 6.10 Å². The minimum absolute atomic E-state index is 0.0270. The summed E-state index contributed by atoms with van der Waals surface area (Å²) < 4.78 is 5.54. The van der Waals surface area contributed by atoms with E-state index in [1.165, 1.54) is 4.90 Å². The van der Waals surface area contributed by atoms with Gasteiger partial charge < -0.3 is 20.7 Å². The fourth-order valence-electron chi connectivity index (χ4n) is 2.25. The molecule has 1 fully saturated rings. The predicted octanol–water partition coefficient (Wildman–Crippen LogP) is 0.833. The second-order valence-electron chi connectivity index (χ2n) is 5.33. The van der Waals surface area contributed by atoms with Crippen molar-refractivity contribution in [3.05, 3.63) is 29.8 Å². The molecule has 2 atom stereocenters. The summed E-state index contributed by atoms with van der Waals surface area (Å²) in [4.78, 5) is 25.3. The minimum atomic E-state index is -0.443. The highest BCUT2D eigenvalue weighted by atomic mass is 16.5. The molecule has 0 spiro atoms. The van der Waals surface area contributed by atoms with Crippen molar-refractivity contribution in [1.29, 1.82) is 0 Å². The highest BCUT2D eigenvalue weighted by Gasteiger charge is 2.29. The summed E-state index contributed by atoms with van der Waals surface area (Å²) in [5.74, 6) is -0.240. The number of benzene rings is 1. The van der Waals surface area contributed by atoms with E-state index in [0.29, 0.717) is 24.2 Å². The van der Waals surface area contributed by atoms with Gasteiger partial charge >= 0.3 is 0 Å². The molecule has 3 N–H and O–H groups in total. The molecule has 1 aromatic carbocycles. The van der Waals surface area contributed by atoms with Crippen LogP contribution in [0.15, 0.2) is 24.3 Å². The molecular formula is C15H21N3O3. The molecule has 1 aliphatic heterocycles. The molecule has 0 aliphatic carbocycles. The van der Waals surface area contributed by atoms with Crippen molar-refractivity contribution in [2.24, 2.45) is 5.73 Å². The van der Waals surface area contributed by atoms with E-state index in [4.69, 9.17) is 10.5 Å². The molecule has 2 rings (SSSR count). The molecular weight excluding hydrogens is 270 g/mol. The van der Waals surface area contributed by atoms with Crippen molar-refractivity contribution < 1.29 is 14.3 Å². The predicted molar refractivity (Wildman–Crippen MR) is 80.0 cm³/mol. The van der Waals surface area contributed by atoms with Gasteiger partial charge in [-0.1, -0.05) is 0 Å². The molecule has 21 heavy (non-hydrogen) atoms. The maximum atomic E-state index is 12.1. The summed E-state index contributed by atoms with van der Waals surface area (Å²) in [5, 5.41) is 2.79. The second kappa shape index (κ2) is 6.69. The monoisotopic (exact) mass is 291 g/mol. The number of carbonyl (C=O) groups excluding carboxylic acids is 2. The van der Waals surface area contributed by atoms with E-state index in [9.17, 15) is 9.59 Å². The number of nitrogens with two attached hydrogens (primary N) is 1. The Hall–Kier alpha value is -1.92. The van der Waals surface area contributed by atoms with Gasteiger partial charge in [-0.2, -0.15) is 0 Å². The third-order valence-corrected chi connectivity index (χ3v) is 3.47. The largest absolute Gasteiger partial charge is 0.364 e. The zero-order valence-electron chi connectivity index (χ0n) is 12.3. The molecule has 2 amide bonds. The van der Waals surface area contributed by atoms with E-state index in [2.05, 4.69) is 5.32 Å². The summed E-state index contributed by atoms with van der Waals surface area (Å²) in [5.41, 5.74) is 6.76. The average Bonchev–Trinajstić information content (AvgIpc) is 2.96. The Labute approximate surface area is 124 Å². The Bertz CT molecular complexity index is 513. The molecule has 6 heteroatoms. The lowest BCUT2D eigenvalue weighted by Gasteiger charge is -2.13. The smallest absolute Gasteiger partial charge is 0.253 e. The minimum Gasteiger partial charge on any atom is -0.364 e. The first-order valence-corrected chi connectivity index (χ1v) is 6.99. The highest BCUT2D eigenvalue weighted by Crippen LogP contribution is 2.20. The first kappa shape index (κ1) is 15.5. The van der Waals surface area contributed by atoms with Gasteiger partial charge in [-0.25, -0.2) is 0 Å². The molecule has 1 saturated heterocycles. The Morgan fingerprint density at radius 2 is 1.95 bits per heavy atom. The number of rotatable bonds is 4. The van der Waals surface area contributed by atoms with Crippen LogP contribution in [0.3, 0.4) is 0 Å². The van der Waals surface area contributed by atoms with Crippen LogP contribution in [-0.4, -0.2) is 49.6 Å². The molecule has 114 valence electrons. The van der Waals surface area contributed by atoms with Crippen molar-refractivity contribution in [2.75, 3.05) is 26.0 Å². The number of ether oxygens (including phenoxy) is 1. The number of anilines is 1. The van der Waals surface area contributed by atoms with Crippen LogP contribution in [0, 0.1) is 0 Å². The maximum absolute atomic E-state index is 12.1. The molecule has 1 aromatic rings. The van der Waals surface area contributed by atoms with Crippen LogP contribution < -0.4 is 11.1 Å². The van der Waals surface area contributed by atoms with Gasteiger partial charge in [0.25, 0.3) is 11.8 Å². The topological polar surface area (TPSA) is 84.7 Å². The molecule has 0 aromatic heterocycles. The Kier molecular flexibility index (Phi) is 4.93. The molecule has 6 nitrogen and oxygen atoms in total. The van der Waals surface area contributed by atoms with Gasteiger partial charge in [-0.05, 0) is 37.1 Å². The van der Waals surface area contributed by atoms with Crippen molar-refractivity contribution in [3.8, 4) is 0 Å². The Morgan fingerprint density at radius 1 is 1.29 bits per heavy atom. The van der Waals surface area contributed by atoms with Crippen LogP contribution in [0.4, 0.5) is 5.69 Å². The zero-order chi connectivity index (χ0) is 15.4. The quantitative estimate of drug-likeness (QED) is 0.860. The molecule has 0 bridgehead atoms. The fourth-order valence-corrected chi connectivity index (χ4v) is 2.25. The zero-order valence-corrected chi connectivity index (χ0v) is 12.3. The normalized spacial score (nSPS) is 21.1. The second-order valence-corrected chi connectivity index (χ2v) is 5.33. The number of hydrogen-bond acceptors (Lipinski definition) is 4. The van der Waals surface area contributed by atoms with E-state index >= 15 is 0 Å². The summed E-state index contributed by atoms with van der Waals surface area (Å²) in [7, 11) is 3.40. The first-order chi connectivity index (χ1) is 10.0. The van der Waals surface area contributed by atoms with Gasteiger partial charge in [0, 0.05) is 31.9 Å². The summed E-state index contributed by atoms with van der Waals surface area (Å²) in [6, 6.07) is 6.81. The Balaban J connectivity index is 1.94. The SMILES string of the molecule is CN(C)C(=O)c1ccc(NC(=O)C2CCC(CN)O2)cc1. The van der Waals surface area contributed by atoms with Crippen LogP contribution in [0.25, 0.3) is 0 Å². The lowest BCUT2D eigenvalue weighted by atomic mass is 10.1. The number of hydrogen-bond donors (Lipinski definition) is 2. The summed E-state index contributed by atoms with van der Waals surface area (Å²) >= 11 is 0. The van der Waals surface area contributed by atoms with Crippen molar-refractivity contribution in [1.82, 2.24) is 4.90 Å². The fraction of sp³-hybridized carbons (Fsp3) is 0.467. The number of nitrogens with zero attached hydrogens (tertiary/aromatic N) is 1. The maximum Gasteiger partial charge on any atom is 0.253 e. The molecule has 1 heterocycles. The van der Waals surface area contributed by atoms with Gasteiger partial charge in [0.15, 0.2) is 0 Å². The average molecular weight is 291 g/mol. The van der Waals surface area contributed by atoms with Gasteiger partial charge in [0.1, 0.15) is 6.10 Å². The van der Waals surface area contributed by atoms with Gasteiger partial charge in [0.2, 0.25) is 0 Å². The van der Waals surface area contributed by atoms with Crippen LogP contribution in [0.5, 0.6) is 0 Å². The summed E-state index contributed by atoms with van der Waals surface area (Å²) in [6.07, 6.45) is 1.03. The third kappa shape index (κ3) is 3.80. The van der Waals surface area contributed by atoms with Crippen LogP contribution >= 0.6 is 0 Å². The highest BCUT2D eigenvalue weighted by molar-refractivity contribution is 5.96. The lowest BCUT2D eigenvalue weighted by molar-refractivity contribution is -0.126. The van der Waals surface area contributed by atoms with Crippen molar-refractivity contribution >= 4 is 17.5 Å². The standard InChI is InChI=1S/C15H21N3O3/c1-18(2)15(20)10-3-5-11(6-4-10)17-14(19)13-8-7-12(9-16)21-13/h3-6,12-13H,7-9,16H2,1-2H3,(H,17,19). The molecule has 0 radical (unpaired) electrons. The van der Waals surface area contributed by atoms with Crippen molar-refractivity contribution in [2.45, 2.75) is 25.0 Å². The number of nitrogens with one attached hydrogen (secondary N) is 1. The van der Waals surface area contributed by atoms with E-state index in [-0.39, 0.29) is 17.9 Å². The molecule has 1 aliphatic rings. The first-order valence-electron chi connectivity index (χ1n) is 6.99. The molecule has 2 unspecified atom stereocenters. The molecule has 0 saturated carbocycles. The number of amides is 2. The van der Waals surface area contributed by atoms with Crippen LogP contribution in [-0.2, 0) is 9.53 Å². The van der Waals surface area contributed by atoms with E-state index < -0.39 is 6.10 Å². The van der Waals surface area contributed by atoms with E-state index in [0.717, 1.165) is 6.42 Å². The van der Waals surface area contributed by atoms with Crippen molar-refractivity contribution in [3.63, 3.8) is 0 Å². The van der Waals surface area contributed by atoms with Gasteiger partial charge in [-0.3, -0.25) is 9.59 Å².